The topological polar surface area (TPSA) is 84.8 Å². The van der Waals surface area contributed by atoms with Crippen LogP contribution in [-0.2, 0) is 0 Å². The van der Waals surface area contributed by atoms with Gasteiger partial charge in [0.05, 0.1) is 0 Å². The minimum atomic E-state index is -0.472. The van der Waals surface area contributed by atoms with E-state index in [2.05, 4.69) is 26.9 Å². The average molecular weight is 518 g/mol. The van der Waals surface area contributed by atoms with E-state index < -0.39 is 12.0 Å². The molecule has 2 atom stereocenters. The van der Waals surface area contributed by atoms with Crippen molar-refractivity contribution in [2.45, 2.75) is 50.7 Å². The van der Waals surface area contributed by atoms with Crippen molar-refractivity contribution in [1.82, 2.24) is 29.4 Å². The molecular weight excluding hydrogens is 481 g/mol. The summed E-state index contributed by atoms with van der Waals surface area (Å²) >= 11 is 0. The number of benzene rings is 1. The van der Waals surface area contributed by atoms with Crippen LogP contribution < -0.4 is 10.5 Å². The SMILES string of the molecule is CC1C(F)=C(c2nc(C3CCC(N4CCN(C)CC4)CC3)n3ncnc(N)c23)C=CC1Oc1ccccc1. The van der Waals surface area contributed by atoms with Gasteiger partial charge >= 0.3 is 0 Å². The summed E-state index contributed by atoms with van der Waals surface area (Å²) in [6, 6.07) is 10.1. The highest BCUT2D eigenvalue weighted by atomic mass is 19.1. The van der Waals surface area contributed by atoms with Crippen LogP contribution in [0.15, 0.2) is 54.6 Å². The maximum atomic E-state index is 15.9. The molecule has 9 heteroatoms. The minimum absolute atomic E-state index is 0.247. The van der Waals surface area contributed by atoms with Crippen molar-refractivity contribution in [3.8, 4) is 5.75 Å². The Morgan fingerprint density at radius 1 is 1.03 bits per heavy atom. The maximum absolute atomic E-state index is 15.9. The number of rotatable bonds is 5. The molecule has 1 saturated heterocycles. The number of fused-ring (bicyclic) bond motifs is 1. The number of piperazine rings is 1. The van der Waals surface area contributed by atoms with Crippen LogP contribution in [0.4, 0.5) is 10.2 Å². The predicted octanol–water partition coefficient (Wildman–Crippen LogP) is 4.31. The summed E-state index contributed by atoms with van der Waals surface area (Å²) < 4.78 is 23.7. The highest BCUT2D eigenvalue weighted by Gasteiger charge is 2.34. The molecule has 8 nitrogen and oxygen atoms in total. The van der Waals surface area contributed by atoms with E-state index in [0.717, 1.165) is 57.7 Å². The molecule has 38 heavy (non-hydrogen) atoms. The van der Waals surface area contributed by atoms with Crippen LogP contribution >= 0.6 is 0 Å². The fourth-order valence-corrected chi connectivity index (χ4v) is 6.13. The normalized spacial score (nSPS) is 27.2. The number of anilines is 1. The summed E-state index contributed by atoms with van der Waals surface area (Å²) in [5.41, 5.74) is 7.85. The summed E-state index contributed by atoms with van der Waals surface area (Å²) in [5.74, 6) is 1.39. The van der Waals surface area contributed by atoms with Crippen LogP contribution in [0.3, 0.4) is 0 Å². The van der Waals surface area contributed by atoms with Gasteiger partial charge < -0.3 is 15.4 Å². The first-order chi connectivity index (χ1) is 18.5. The maximum Gasteiger partial charge on any atom is 0.153 e. The summed E-state index contributed by atoms with van der Waals surface area (Å²) in [5, 5.41) is 4.52. The summed E-state index contributed by atoms with van der Waals surface area (Å²) in [4.78, 5) is 14.3. The number of nitrogens with zero attached hydrogens (tertiary/aromatic N) is 6. The molecule has 3 heterocycles. The molecule has 0 amide bonds. The molecule has 2 N–H and O–H groups in total. The molecule has 1 aromatic carbocycles. The van der Waals surface area contributed by atoms with E-state index in [1.54, 1.807) is 10.6 Å². The number of halogens is 1. The van der Waals surface area contributed by atoms with Gasteiger partial charge in [-0.1, -0.05) is 31.2 Å². The molecule has 1 aliphatic heterocycles. The summed E-state index contributed by atoms with van der Waals surface area (Å²) in [7, 11) is 2.19. The van der Waals surface area contributed by atoms with Gasteiger partial charge in [-0.3, -0.25) is 4.90 Å². The Kier molecular flexibility index (Phi) is 6.88. The van der Waals surface area contributed by atoms with Gasteiger partial charge in [0.1, 0.15) is 41.0 Å². The molecule has 0 bridgehead atoms. The number of likely N-dealkylation sites (N-methyl/N-ethyl adjacent to an activating group) is 1. The lowest BCUT2D eigenvalue weighted by Crippen LogP contribution is -2.49. The van der Waals surface area contributed by atoms with E-state index in [4.69, 9.17) is 15.5 Å². The van der Waals surface area contributed by atoms with E-state index in [9.17, 15) is 0 Å². The fraction of sp³-hybridized carbons (Fsp3) is 0.483. The Morgan fingerprint density at radius 3 is 2.50 bits per heavy atom. The third-order valence-corrected chi connectivity index (χ3v) is 8.48. The quantitative estimate of drug-likeness (QED) is 0.540. The zero-order valence-electron chi connectivity index (χ0n) is 22.1. The van der Waals surface area contributed by atoms with Crippen molar-refractivity contribution in [2.75, 3.05) is 39.0 Å². The molecule has 2 aromatic heterocycles. The molecule has 0 radical (unpaired) electrons. The molecule has 3 aliphatic rings. The van der Waals surface area contributed by atoms with Crippen LogP contribution in [0, 0.1) is 5.92 Å². The number of ether oxygens (including phenoxy) is 1. The van der Waals surface area contributed by atoms with Gasteiger partial charge in [-0.05, 0) is 50.9 Å². The zero-order valence-corrected chi connectivity index (χ0v) is 22.1. The van der Waals surface area contributed by atoms with Crippen molar-refractivity contribution >= 4 is 16.9 Å². The summed E-state index contributed by atoms with van der Waals surface area (Å²) in [6.45, 7) is 6.38. The first-order valence-corrected chi connectivity index (χ1v) is 13.7. The predicted molar refractivity (Wildman–Crippen MR) is 146 cm³/mol. The number of aromatic nitrogens is 4. The Hall–Kier alpha value is -3.30. The zero-order chi connectivity index (χ0) is 26.2. The number of para-hydroxylation sites is 1. The van der Waals surface area contributed by atoms with Gasteiger partial charge in [0.15, 0.2) is 5.82 Å². The van der Waals surface area contributed by atoms with Crippen molar-refractivity contribution in [2.24, 2.45) is 5.92 Å². The number of nitrogen functional groups attached to an aromatic ring is 1. The number of nitrogens with two attached hydrogens (primary N) is 1. The number of hydrogen-bond donors (Lipinski definition) is 1. The Morgan fingerprint density at radius 2 is 1.76 bits per heavy atom. The van der Waals surface area contributed by atoms with Gasteiger partial charge in [0, 0.05) is 49.6 Å². The Labute approximate surface area is 223 Å². The van der Waals surface area contributed by atoms with Crippen molar-refractivity contribution < 1.29 is 9.13 Å². The standard InChI is InChI=1S/C29H36FN7O/c1-19-24(38-22-6-4-3-5-7-22)13-12-23(25(19)30)26-27-28(31)32-18-33-37(27)29(34-26)20-8-10-21(11-9-20)36-16-14-35(2)15-17-36/h3-7,12-13,18-21,24H,8-11,14-17H2,1-2H3,(H2,31,32,33). The van der Waals surface area contributed by atoms with Crippen LogP contribution in [-0.4, -0.2) is 74.8 Å². The van der Waals surface area contributed by atoms with E-state index >= 15 is 4.39 Å². The molecule has 2 aliphatic carbocycles. The molecule has 1 saturated carbocycles. The lowest BCUT2D eigenvalue weighted by atomic mass is 9.84. The van der Waals surface area contributed by atoms with Gasteiger partial charge in [-0.15, -0.1) is 0 Å². The van der Waals surface area contributed by atoms with Gasteiger partial charge in [0.25, 0.3) is 0 Å². The molecule has 3 aromatic rings. The van der Waals surface area contributed by atoms with E-state index in [-0.39, 0.29) is 11.7 Å². The molecule has 2 unspecified atom stereocenters. The third-order valence-electron chi connectivity index (χ3n) is 8.48. The molecule has 2 fully saturated rings. The molecule has 6 rings (SSSR count). The summed E-state index contributed by atoms with van der Waals surface area (Å²) in [6.07, 6.45) is 9.04. The van der Waals surface area contributed by atoms with Gasteiger partial charge in [0.2, 0.25) is 0 Å². The van der Waals surface area contributed by atoms with E-state index in [1.165, 1.54) is 6.33 Å². The second-order valence-corrected chi connectivity index (χ2v) is 10.9. The second-order valence-electron chi connectivity index (χ2n) is 10.9. The lowest BCUT2D eigenvalue weighted by molar-refractivity contribution is 0.0871. The first-order valence-electron chi connectivity index (χ1n) is 13.7. The van der Waals surface area contributed by atoms with Crippen LogP contribution in [0.1, 0.15) is 50.0 Å². The highest BCUT2D eigenvalue weighted by Crippen LogP contribution is 2.40. The average Bonchev–Trinajstić information content (AvgIpc) is 3.33. The number of hydrogen-bond acceptors (Lipinski definition) is 7. The van der Waals surface area contributed by atoms with E-state index in [0.29, 0.717) is 34.4 Å². The Balaban J connectivity index is 1.26. The van der Waals surface area contributed by atoms with E-state index in [1.807, 2.05) is 43.3 Å². The molecule has 200 valence electrons. The first kappa shape index (κ1) is 25.0. The Bertz CT molecular complexity index is 1340. The smallest absolute Gasteiger partial charge is 0.153 e. The highest BCUT2D eigenvalue weighted by molar-refractivity contribution is 5.88. The van der Waals surface area contributed by atoms with Gasteiger partial charge in [-0.25, -0.2) is 18.9 Å². The minimum Gasteiger partial charge on any atom is -0.486 e. The van der Waals surface area contributed by atoms with Crippen LogP contribution in [0.2, 0.25) is 0 Å². The number of allylic oxidation sites excluding steroid dienone is 2. The van der Waals surface area contributed by atoms with Crippen molar-refractivity contribution in [3.63, 3.8) is 0 Å². The largest absolute Gasteiger partial charge is 0.486 e. The van der Waals surface area contributed by atoms with Crippen molar-refractivity contribution in [3.05, 3.63) is 66.2 Å². The second kappa shape index (κ2) is 10.5. The monoisotopic (exact) mass is 517 g/mol. The molecular formula is C29H36FN7O. The molecule has 0 spiro atoms. The van der Waals surface area contributed by atoms with Crippen LogP contribution in [0.5, 0.6) is 5.75 Å². The van der Waals surface area contributed by atoms with Crippen molar-refractivity contribution in [1.29, 1.82) is 0 Å². The fourth-order valence-electron chi connectivity index (χ4n) is 6.13. The van der Waals surface area contributed by atoms with Gasteiger partial charge in [-0.2, -0.15) is 5.10 Å². The third kappa shape index (κ3) is 4.69. The lowest BCUT2D eigenvalue weighted by Gasteiger charge is -2.40. The van der Waals surface area contributed by atoms with Crippen LogP contribution in [0.25, 0.3) is 11.1 Å². The number of imidazole rings is 1.